The number of aliphatic hydroxyl groups is 1. The van der Waals surface area contributed by atoms with Crippen LogP contribution in [0.4, 0.5) is 0 Å². The van der Waals surface area contributed by atoms with E-state index in [4.69, 9.17) is 5.11 Å². The molecule has 0 saturated heterocycles. The van der Waals surface area contributed by atoms with Crippen LogP contribution in [-0.4, -0.2) is 22.3 Å². The fourth-order valence-electron chi connectivity index (χ4n) is 8.00. The maximum atomic E-state index is 11.2. The van der Waals surface area contributed by atoms with E-state index < -0.39 is 5.97 Å². The second kappa shape index (κ2) is 6.90. The minimum atomic E-state index is -0.675. The molecule has 7 atom stereocenters. The first-order chi connectivity index (χ1) is 12.8. The van der Waals surface area contributed by atoms with Gasteiger partial charge in [-0.15, -0.1) is 0 Å². The SMILES string of the molecule is C[C@H](CCC(=O)O)C1CCC2=C3C(O)CC4CCCC[C@]4(C)C3CC[C@@]21C. The number of carboxylic acids is 1. The highest BCUT2D eigenvalue weighted by Crippen LogP contribution is 2.65. The van der Waals surface area contributed by atoms with Crippen LogP contribution in [0.3, 0.4) is 0 Å². The van der Waals surface area contributed by atoms with Crippen molar-refractivity contribution in [3.63, 3.8) is 0 Å². The average Bonchev–Trinajstić information content (AvgIpc) is 2.97. The van der Waals surface area contributed by atoms with E-state index in [1.807, 2.05) is 0 Å². The van der Waals surface area contributed by atoms with Crippen LogP contribution in [0.25, 0.3) is 0 Å². The Morgan fingerprint density at radius 3 is 2.70 bits per heavy atom. The molecule has 0 amide bonds. The van der Waals surface area contributed by atoms with E-state index >= 15 is 0 Å². The van der Waals surface area contributed by atoms with Crippen LogP contribution in [0, 0.1) is 34.5 Å². The molecule has 3 fully saturated rings. The molecule has 0 bridgehead atoms. The number of hydrogen-bond acceptors (Lipinski definition) is 2. The number of rotatable bonds is 4. The van der Waals surface area contributed by atoms with Crippen LogP contribution in [-0.2, 0) is 4.79 Å². The van der Waals surface area contributed by atoms with E-state index in [1.165, 1.54) is 50.5 Å². The molecule has 0 aliphatic heterocycles. The molecule has 3 nitrogen and oxygen atoms in total. The molecular weight excluding hydrogens is 336 g/mol. The van der Waals surface area contributed by atoms with Gasteiger partial charge in [0.25, 0.3) is 0 Å². The highest BCUT2D eigenvalue weighted by atomic mass is 16.4. The zero-order valence-corrected chi connectivity index (χ0v) is 17.5. The molecule has 4 rings (SSSR count). The summed E-state index contributed by atoms with van der Waals surface area (Å²) in [6.45, 7) is 7.22. The van der Waals surface area contributed by atoms with Gasteiger partial charge < -0.3 is 10.2 Å². The normalized spacial score (nSPS) is 45.0. The van der Waals surface area contributed by atoms with Gasteiger partial charge in [0.2, 0.25) is 0 Å². The van der Waals surface area contributed by atoms with E-state index in [2.05, 4.69) is 20.8 Å². The minimum absolute atomic E-state index is 0.183. The van der Waals surface area contributed by atoms with Crippen molar-refractivity contribution in [3.05, 3.63) is 11.1 Å². The molecule has 0 aromatic heterocycles. The molecule has 0 spiro atoms. The lowest BCUT2D eigenvalue weighted by Gasteiger charge is -2.57. The van der Waals surface area contributed by atoms with Crippen molar-refractivity contribution in [1.82, 2.24) is 0 Å². The third-order valence-corrected chi connectivity index (χ3v) is 9.50. The second-order valence-electron chi connectivity index (χ2n) is 10.7. The Kier molecular flexibility index (Phi) is 4.98. The van der Waals surface area contributed by atoms with Crippen LogP contribution in [0.2, 0.25) is 0 Å². The Morgan fingerprint density at radius 1 is 1.19 bits per heavy atom. The summed E-state index contributed by atoms with van der Waals surface area (Å²) in [5, 5.41) is 20.3. The van der Waals surface area contributed by atoms with E-state index in [1.54, 1.807) is 5.57 Å². The molecule has 2 N–H and O–H groups in total. The summed E-state index contributed by atoms with van der Waals surface area (Å²) in [5.74, 6) is 1.63. The van der Waals surface area contributed by atoms with Crippen LogP contribution >= 0.6 is 0 Å². The lowest BCUT2D eigenvalue weighted by Crippen LogP contribution is -2.50. The number of hydrogen-bond donors (Lipinski definition) is 2. The summed E-state index contributed by atoms with van der Waals surface area (Å²) in [7, 11) is 0. The Morgan fingerprint density at radius 2 is 1.96 bits per heavy atom. The number of allylic oxidation sites excluding steroid dienone is 1. The summed E-state index contributed by atoms with van der Waals surface area (Å²) in [5.41, 5.74) is 3.61. The second-order valence-corrected chi connectivity index (χ2v) is 10.7. The quantitative estimate of drug-likeness (QED) is 0.632. The molecule has 4 aliphatic carbocycles. The van der Waals surface area contributed by atoms with Crippen molar-refractivity contribution in [1.29, 1.82) is 0 Å². The topological polar surface area (TPSA) is 57.5 Å². The highest BCUT2D eigenvalue weighted by molar-refractivity contribution is 5.66. The van der Waals surface area contributed by atoms with E-state index in [-0.39, 0.29) is 17.9 Å². The van der Waals surface area contributed by atoms with Crippen LogP contribution in [0.5, 0.6) is 0 Å². The monoisotopic (exact) mass is 374 g/mol. The summed E-state index contributed by atoms with van der Waals surface area (Å²) in [4.78, 5) is 11.0. The van der Waals surface area contributed by atoms with Gasteiger partial charge in [0.15, 0.2) is 0 Å². The van der Waals surface area contributed by atoms with E-state index in [0.717, 1.165) is 19.3 Å². The zero-order valence-electron chi connectivity index (χ0n) is 17.5. The molecular formula is C24H38O3. The van der Waals surface area contributed by atoms with Crippen molar-refractivity contribution in [2.45, 2.75) is 97.5 Å². The van der Waals surface area contributed by atoms with Crippen molar-refractivity contribution >= 4 is 5.97 Å². The number of aliphatic carboxylic acids is 1. The van der Waals surface area contributed by atoms with Gasteiger partial charge >= 0.3 is 5.97 Å². The highest BCUT2D eigenvalue weighted by Gasteiger charge is 2.56. The number of carboxylic acid groups (broad SMARTS) is 1. The van der Waals surface area contributed by atoms with Crippen LogP contribution in [0.15, 0.2) is 11.1 Å². The fourth-order valence-corrected chi connectivity index (χ4v) is 8.00. The minimum Gasteiger partial charge on any atom is -0.481 e. The van der Waals surface area contributed by atoms with Crippen molar-refractivity contribution < 1.29 is 15.0 Å². The lowest BCUT2D eigenvalue weighted by molar-refractivity contribution is -0.137. The summed E-state index contributed by atoms with van der Waals surface area (Å²) >= 11 is 0. The molecule has 0 heterocycles. The molecule has 3 saturated carbocycles. The third-order valence-electron chi connectivity index (χ3n) is 9.50. The van der Waals surface area contributed by atoms with E-state index in [0.29, 0.717) is 29.1 Å². The Balaban J connectivity index is 1.65. The van der Waals surface area contributed by atoms with Gasteiger partial charge in [0.1, 0.15) is 0 Å². The Labute approximate surface area is 164 Å². The van der Waals surface area contributed by atoms with Gasteiger partial charge in [0.05, 0.1) is 6.10 Å². The molecule has 4 unspecified atom stereocenters. The molecule has 0 aromatic rings. The Hall–Kier alpha value is -0.830. The average molecular weight is 375 g/mol. The maximum Gasteiger partial charge on any atom is 0.303 e. The van der Waals surface area contributed by atoms with Crippen molar-refractivity contribution in [3.8, 4) is 0 Å². The first-order valence-corrected chi connectivity index (χ1v) is 11.4. The maximum absolute atomic E-state index is 11.2. The van der Waals surface area contributed by atoms with E-state index in [9.17, 15) is 9.90 Å². The van der Waals surface area contributed by atoms with Gasteiger partial charge in [-0.3, -0.25) is 4.79 Å². The standard InChI is InChI=1S/C24H38O3/c1-15(7-10-21(26)27)17-8-9-18-22-19(11-13-24(17,18)3)23(2)12-5-4-6-16(23)14-20(22)25/h15-17,19-20,25H,4-14H2,1-3H3,(H,26,27)/t15-,16?,17?,19?,20?,23+,24-/m1/s1. The fraction of sp³-hybridized carbons (Fsp3) is 0.875. The first kappa shape index (κ1) is 19.5. The van der Waals surface area contributed by atoms with Gasteiger partial charge in [-0.05, 0) is 91.4 Å². The molecule has 0 aromatic carbocycles. The molecule has 152 valence electrons. The molecule has 27 heavy (non-hydrogen) atoms. The number of carbonyl (C=O) groups is 1. The number of fused-ring (bicyclic) bond motifs is 4. The van der Waals surface area contributed by atoms with Gasteiger partial charge in [0, 0.05) is 6.42 Å². The van der Waals surface area contributed by atoms with Crippen LogP contribution < -0.4 is 0 Å². The summed E-state index contributed by atoms with van der Waals surface area (Å²) in [6, 6.07) is 0. The zero-order chi connectivity index (χ0) is 19.4. The van der Waals surface area contributed by atoms with Crippen molar-refractivity contribution in [2.75, 3.05) is 0 Å². The predicted octanol–water partition coefficient (Wildman–Crippen LogP) is 5.57. The molecule has 0 radical (unpaired) electrons. The number of aliphatic hydroxyl groups excluding tert-OH is 1. The lowest BCUT2D eigenvalue weighted by atomic mass is 9.48. The molecule has 4 aliphatic rings. The first-order valence-electron chi connectivity index (χ1n) is 11.4. The molecule has 3 heteroatoms. The smallest absolute Gasteiger partial charge is 0.303 e. The van der Waals surface area contributed by atoms with Gasteiger partial charge in [-0.2, -0.15) is 0 Å². The van der Waals surface area contributed by atoms with Gasteiger partial charge in [-0.25, -0.2) is 0 Å². The predicted molar refractivity (Wildman–Crippen MR) is 107 cm³/mol. The largest absolute Gasteiger partial charge is 0.481 e. The summed E-state index contributed by atoms with van der Waals surface area (Å²) < 4.78 is 0. The van der Waals surface area contributed by atoms with Crippen LogP contribution in [0.1, 0.15) is 91.4 Å². The Bertz CT molecular complexity index is 638. The third kappa shape index (κ3) is 2.99. The van der Waals surface area contributed by atoms with Gasteiger partial charge in [-0.1, -0.05) is 39.2 Å². The van der Waals surface area contributed by atoms with Crippen molar-refractivity contribution in [2.24, 2.45) is 34.5 Å². The summed E-state index contributed by atoms with van der Waals surface area (Å²) in [6.07, 6.45) is 11.9.